The zero-order chi connectivity index (χ0) is 33.7. The lowest BCUT2D eigenvalue weighted by atomic mass is 9.90. The summed E-state index contributed by atoms with van der Waals surface area (Å²) in [5.41, 5.74) is 0.869. The number of anilines is 2. The highest BCUT2D eigenvalue weighted by Crippen LogP contribution is 2.36. The Bertz CT molecular complexity index is 1760. The molecule has 252 valence electrons. The first kappa shape index (κ1) is 32.9. The number of aryl methyl sites for hydroxylation is 1. The lowest BCUT2D eigenvalue weighted by molar-refractivity contribution is -0.142. The van der Waals surface area contributed by atoms with Crippen molar-refractivity contribution in [2.75, 3.05) is 23.4 Å². The first-order valence-electron chi connectivity index (χ1n) is 15.8. The Morgan fingerprint density at radius 3 is 2.44 bits per heavy atom. The average Bonchev–Trinajstić information content (AvgIpc) is 3.07. The number of halogens is 3. The largest absolute Gasteiger partial charge is 0.469 e. The summed E-state index contributed by atoms with van der Waals surface area (Å²) in [6, 6.07) is 12.1. The predicted molar refractivity (Wildman–Crippen MR) is 170 cm³/mol. The highest BCUT2D eigenvalue weighted by atomic mass is 19.4. The highest BCUT2D eigenvalue weighted by molar-refractivity contribution is 5.91. The summed E-state index contributed by atoms with van der Waals surface area (Å²) in [7, 11) is 0. The molecule has 2 amide bonds. The van der Waals surface area contributed by atoms with Gasteiger partial charge in [-0.05, 0) is 44.2 Å². The number of ether oxygens (including phenoxy) is 2. The quantitative estimate of drug-likeness (QED) is 0.239. The molecule has 0 atom stereocenters. The molecule has 1 aromatic carbocycles. The van der Waals surface area contributed by atoms with Gasteiger partial charge < -0.3 is 24.7 Å². The second kappa shape index (κ2) is 14.4. The number of hydrogen-bond donors (Lipinski definition) is 2. The van der Waals surface area contributed by atoms with E-state index in [1.165, 1.54) is 12.3 Å². The van der Waals surface area contributed by atoms with E-state index in [9.17, 15) is 22.8 Å². The van der Waals surface area contributed by atoms with E-state index in [-0.39, 0.29) is 42.8 Å². The minimum atomic E-state index is -4.67. The van der Waals surface area contributed by atoms with E-state index in [0.29, 0.717) is 55.8 Å². The molecule has 1 saturated heterocycles. The number of nitrogens with zero attached hydrogens (tertiary/aromatic N) is 6. The zero-order valence-electron chi connectivity index (χ0n) is 26.2. The molecule has 15 heteroatoms. The number of aromatic nitrogens is 5. The Labute approximate surface area is 274 Å². The smallest absolute Gasteiger partial charge is 0.423 e. The number of urea groups is 1. The van der Waals surface area contributed by atoms with Crippen molar-refractivity contribution in [2.24, 2.45) is 0 Å². The molecule has 0 radical (unpaired) electrons. The fraction of sp³-hybridized carbons (Fsp3) is 0.394. The van der Waals surface area contributed by atoms with Gasteiger partial charge in [-0.15, -0.1) is 0 Å². The van der Waals surface area contributed by atoms with Crippen molar-refractivity contribution in [1.29, 1.82) is 0 Å². The van der Waals surface area contributed by atoms with Crippen molar-refractivity contribution in [2.45, 2.75) is 70.1 Å². The lowest BCUT2D eigenvalue weighted by Gasteiger charge is -2.36. The molecule has 1 aliphatic heterocycles. The average molecular weight is 665 g/mol. The van der Waals surface area contributed by atoms with Crippen molar-refractivity contribution in [3.8, 4) is 17.1 Å². The van der Waals surface area contributed by atoms with Crippen LogP contribution in [0.25, 0.3) is 11.3 Å². The van der Waals surface area contributed by atoms with Crippen LogP contribution in [0.1, 0.15) is 43.7 Å². The Balaban J connectivity index is 1.16. The van der Waals surface area contributed by atoms with Crippen molar-refractivity contribution < 1.29 is 27.4 Å². The van der Waals surface area contributed by atoms with Gasteiger partial charge in [-0.3, -0.25) is 14.7 Å². The van der Waals surface area contributed by atoms with Crippen LogP contribution in [0.5, 0.6) is 5.88 Å². The summed E-state index contributed by atoms with van der Waals surface area (Å²) in [6.07, 6.45) is 2.65. The zero-order valence-corrected chi connectivity index (χ0v) is 26.2. The highest BCUT2D eigenvalue weighted by Gasteiger charge is 2.38. The summed E-state index contributed by atoms with van der Waals surface area (Å²) in [6.45, 7) is 3.15. The SMILES string of the molecule is CCn1ccc(-c2cnc(N(C(=O)NCc3ccccc3)[C@H]3CC[C@H](Nc4ncc(C(F)(F)F)c(OC5COC5)n4)CC3)cn2)cc1=O. The third-order valence-electron chi connectivity index (χ3n) is 8.36. The Hall–Kier alpha value is -5.05. The normalized spacial score (nSPS) is 18.1. The van der Waals surface area contributed by atoms with Crippen LogP contribution >= 0.6 is 0 Å². The van der Waals surface area contributed by atoms with Gasteiger partial charge in [-0.25, -0.2) is 14.8 Å². The van der Waals surface area contributed by atoms with Crippen molar-refractivity contribution >= 4 is 17.8 Å². The van der Waals surface area contributed by atoms with Gasteiger partial charge in [0, 0.05) is 49.2 Å². The maximum atomic E-state index is 13.7. The number of carbonyl (C=O) groups excluding carboxylic acids is 1. The maximum Gasteiger partial charge on any atom is 0.423 e. The molecule has 6 rings (SSSR count). The van der Waals surface area contributed by atoms with E-state index in [1.54, 1.807) is 27.9 Å². The molecule has 3 aromatic heterocycles. The molecular formula is C33H35F3N8O4. The fourth-order valence-corrected chi connectivity index (χ4v) is 5.66. The molecule has 2 aliphatic rings. The molecule has 48 heavy (non-hydrogen) atoms. The predicted octanol–water partition coefficient (Wildman–Crippen LogP) is 5.05. The van der Waals surface area contributed by atoms with Gasteiger partial charge in [0.15, 0.2) is 5.82 Å². The Morgan fingerprint density at radius 1 is 1.04 bits per heavy atom. The van der Waals surface area contributed by atoms with Crippen LogP contribution in [0.2, 0.25) is 0 Å². The van der Waals surface area contributed by atoms with Crippen molar-refractivity contribution in [3.05, 3.63) is 88.7 Å². The molecular weight excluding hydrogens is 629 g/mol. The number of benzene rings is 1. The molecule has 0 unspecified atom stereocenters. The standard InChI is InChI=1S/C33H35F3N8O4/c1-2-43-13-12-22(14-29(43)45)27-17-38-28(18-37-27)44(32(46)40-15-21-6-4-3-5-7-21)24-10-8-23(9-11-24)41-31-39-16-26(33(34,35)36)30(42-31)48-25-19-47-20-25/h3-7,12-14,16-18,23-25H,2,8-11,15,19-20H2,1H3,(H,40,46)(H,39,41,42)/t23-,24-. The van der Waals surface area contributed by atoms with Gasteiger partial charge in [-0.2, -0.15) is 18.2 Å². The van der Waals surface area contributed by atoms with E-state index >= 15 is 0 Å². The van der Waals surface area contributed by atoms with Gasteiger partial charge in [0.05, 0.1) is 31.3 Å². The van der Waals surface area contributed by atoms with Crippen LogP contribution < -0.4 is 25.8 Å². The number of rotatable bonds is 10. The van der Waals surface area contributed by atoms with Crippen LogP contribution in [0.4, 0.5) is 29.7 Å². The topological polar surface area (TPSA) is 136 Å². The fourth-order valence-electron chi connectivity index (χ4n) is 5.66. The van der Waals surface area contributed by atoms with Crippen molar-refractivity contribution in [1.82, 2.24) is 29.8 Å². The van der Waals surface area contributed by atoms with Crippen LogP contribution in [0.15, 0.2) is 72.0 Å². The monoisotopic (exact) mass is 664 g/mol. The summed E-state index contributed by atoms with van der Waals surface area (Å²) in [4.78, 5) is 44.7. The number of hydrogen-bond acceptors (Lipinski definition) is 9. The number of nitrogens with one attached hydrogen (secondary N) is 2. The van der Waals surface area contributed by atoms with E-state index in [1.807, 2.05) is 37.3 Å². The second-order valence-corrected chi connectivity index (χ2v) is 11.7. The third kappa shape index (κ3) is 7.73. The summed E-state index contributed by atoms with van der Waals surface area (Å²) in [5, 5.41) is 6.13. The Kier molecular flexibility index (Phi) is 9.85. The van der Waals surface area contributed by atoms with Gasteiger partial charge in [-0.1, -0.05) is 30.3 Å². The van der Waals surface area contributed by atoms with Crippen LogP contribution in [0.3, 0.4) is 0 Å². The number of pyridine rings is 1. The molecule has 4 heterocycles. The minimum absolute atomic E-state index is 0.0345. The molecule has 4 aromatic rings. The van der Waals surface area contributed by atoms with Gasteiger partial charge in [0.1, 0.15) is 11.7 Å². The van der Waals surface area contributed by atoms with Crippen molar-refractivity contribution in [3.63, 3.8) is 0 Å². The molecule has 1 aliphatic carbocycles. The second-order valence-electron chi connectivity index (χ2n) is 11.7. The molecule has 1 saturated carbocycles. The van der Waals surface area contributed by atoms with E-state index < -0.39 is 23.7 Å². The number of carbonyl (C=O) groups is 1. The summed E-state index contributed by atoms with van der Waals surface area (Å²) >= 11 is 0. The minimum Gasteiger partial charge on any atom is -0.469 e. The molecule has 0 bridgehead atoms. The van der Waals surface area contributed by atoms with Crippen LogP contribution in [-0.4, -0.2) is 61.9 Å². The van der Waals surface area contributed by atoms with E-state index in [4.69, 9.17) is 9.47 Å². The Morgan fingerprint density at radius 2 is 1.81 bits per heavy atom. The van der Waals surface area contributed by atoms with Gasteiger partial charge in [0.25, 0.3) is 5.56 Å². The summed E-state index contributed by atoms with van der Waals surface area (Å²) < 4.78 is 52.8. The molecule has 2 N–H and O–H groups in total. The molecule has 0 spiro atoms. The molecule has 12 nitrogen and oxygen atoms in total. The summed E-state index contributed by atoms with van der Waals surface area (Å²) in [5.74, 6) is -0.139. The lowest BCUT2D eigenvalue weighted by Crippen LogP contribution is -2.49. The third-order valence-corrected chi connectivity index (χ3v) is 8.36. The van der Waals surface area contributed by atoms with Crippen LogP contribution in [0, 0.1) is 0 Å². The van der Waals surface area contributed by atoms with Gasteiger partial charge in [0.2, 0.25) is 11.8 Å². The van der Waals surface area contributed by atoms with Gasteiger partial charge >= 0.3 is 12.2 Å². The number of alkyl halides is 3. The first-order valence-corrected chi connectivity index (χ1v) is 15.8. The van der Waals surface area contributed by atoms with E-state index in [0.717, 1.165) is 11.8 Å². The first-order chi connectivity index (χ1) is 23.2. The number of amides is 2. The maximum absolute atomic E-state index is 13.7. The van der Waals surface area contributed by atoms with E-state index in [2.05, 4.69) is 30.6 Å². The van der Waals surface area contributed by atoms with Crippen LogP contribution in [-0.2, 0) is 24.0 Å². The molecule has 2 fully saturated rings.